The van der Waals surface area contributed by atoms with Gasteiger partial charge in [-0.05, 0) is 42.9 Å². The fraction of sp³-hybridized carbons (Fsp3) is 0.562. The van der Waals surface area contributed by atoms with E-state index in [0.29, 0.717) is 12.5 Å². The van der Waals surface area contributed by atoms with Crippen LogP contribution in [0.2, 0.25) is 0 Å². The van der Waals surface area contributed by atoms with Crippen molar-refractivity contribution in [3.63, 3.8) is 0 Å². The van der Waals surface area contributed by atoms with Gasteiger partial charge in [0.2, 0.25) is 10.0 Å². The fourth-order valence-corrected chi connectivity index (χ4v) is 3.65. The molecular weight excluding hydrogens is 314 g/mol. The Morgan fingerprint density at radius 2 is 1.83 bits per heavy atom. The molecule has 7 heteroatoms. The zero-order valence-electron chi connectivity index (χ0n) is 13.4. The highest BCUT2D eigenvalue weighted by Gasteiger charge is 2.21. The van der Waals surface area contributed by atoms with Gasteiger partial charge in [-0.25, -0.2) is 13.6 Å². The molecule has 5 N–H and O–H groups in total. The van der Waals surface area contributed by atoms with E-state index < -0.39 is 10.0 Å². The van der Waals surface area contributed by atoms with Crippen molar-refractivity contribution >= 4 is 21.6 Å². The van der Waals surface area contributed by atoms with E-state index in [1.54, 1.807) is 0 Å². The number of hydrogen-bond donors (Lipinski definition) is 3. The van der Waals surface area contributed by atoms with Crippen LogP contribution in [0.3, 0.4) is 0 Å². The first-order chi connectivity index (χ1) is 10.8. The van der Waals surface area contributed by atoms with Crippen molar-refractivity contribution in [1.29, 1.82) is 0 Å². The molecule has 23 heavy (non-hydrogen) atoms. The van der Waals surface area contributed by atoms with Crippen LogP contribution in [0.25, 0.3) is 0 Å². The minimum Gasteiger partial charge on any atom is -0.398 e. The lowest BCUT2D eigenvalue weighted by Gasteiger charge is -2.27. The van der Waals surface area contributed by atoms with Gasteiger partial charge in [0.25, 0.3) is 5.91 Å². The molecule has 1 aromatic rings. The summed E-state index contributed by atoms with van der Waals surface area (Å²) in [7, 11) is -3.82. The average Bonchev–Trinajstić information content (AvgIpc) is 2.52. The van der Waals surface area contributed by atoms with Gasteiger partial charge >= 0.3 is 0 Å². The van der Waals surface area contributed by atoms with Crippen LogP contribution < -0.4 is 16.2 Å². The molecule has 1 aromatic carbocycles. The Morgan fingerprint density at radius 3 is 2.35 bits per heavy atom. The summed E-state index contributed by atoms with van der Waals surface area (Å²) in [5.74, 6) is 1.05. The second-order valence-electron chi connectivity index (χ2n) is 6.30. The molecule has 1 amide bonds. The zero-order valence-corrected chi connectivity index (χ0v) is 14.2. The number of carbonyl (C=O) groups excluding carboxylic acids is 1. The molecule has 0 radical (unpaired) electrons. The van der Waals surface area contributed by atoms with Crippen LogP contribution in [-0.4, -0.2) is 20.9 Å². The van der Waals surface area contributed by atoms with E-state index in [-0.39, 0.29) is 22.1 Å². The number of anilines is 1. The zero-order chi connectivity index (χ0) is 17.0. The number of nitrogens with one attached hydrogen (secondary N) is 1. The van der Waals surface area contributed by atoms with Crippen LogP contribution in [0.5, 0.6) is 0 Å². The number of sulfonamides is 1. The van der Waals surface area contributed by atoms with Gasteiger partial charge in [0.1, 0.15) is 0 Å². The van der Waals surface area contributed by atoms with E-state index in [9.17, 15) is 13.2 Å². The summed E-state index contributed by atoms with van der Waals surface area (Å²) in [6.07, 6.45) is 5.95. The van der Waals surface area contributed by atoms with Crippen molar-refractivity contribution in [3.05, 3.63) is 23.8 Å². The Bertz CT molecular complexity index is 665. The van der Waals surface area contributed by atoms with E-state index in [0.717, 1.165) is 18.8 Å². The lowest BCUT2D eigenvalue weighted by Crippen LogP contribution is -2.31. The van der Waals surface area contributed by atoms with Crippen LogP contribution in [0.4, 0.5) is 5.69 Å². The summed E-state index contributed by atoms with van der Waals surface area (Å²) in [6.45, 7) is 2.85. The van der Waals surface area contributed by atoms with Gasteiger partial charge in [-0.3, -0.25) is 4.79 Å². The summed E-state index contributed by atoms with van der Waals surface area (Å²) in [5, 5.41) is 7.95. The van der Waals surface area contributed by atoms with Crippen LogP contribution >= 0.6 is 0 Å². The number of amides is 1. The van der Waals surface area contributed by atoms with Crippen molar-refractivity contribution in [3.8, 4) is 0 Å². The monoisotopic (exact) mass is 339 g/mol. The molecule has 1 aliphatic rings. The second kappa shape index (κ2) is 7.31. The number of carbonyl (C=O) groups is 1. The molecule has 0 saturated heterocycles. The number of benzene rings is 1. The van der Waals surface area contributed by atoms with Crippen molar-refractivity contribution in [1.82, 2.24) is 5.32 Å². The van der Waals surface area contributed by atoms with E-state index in [1.165, 1.54) is 37.5 Å². The first kappa shape index (κ1) is 17.7. The molecule has 6 nitrogen and oxygen atoms in total. The van der Waals surface area contributed by atoms with Crippen LogP contribution in [0.1, 0.15) is 49.4 Å². The first-order valence-corrected chi connectivity index (χ1v) is 9.56. The Labute approximate surface area is 137 Å². The third-order valence-corrected chi connectivity index (χ3v) is 5.60. The van der Waals surface area contributed by atoms with E-state index in [4.69, 9.17) is 10.9 Å². The van der Waals surface area contributed by atoms with Crippen molar-refractivity contribution in [2.24, 2.45) is 17.0 Å². The molecule has 1 saturated carbocycles. The predicted molar refractivity (Wildman–Crippen MR) is 90.3 cm³/mol. The summed E-state index contributed by atoms with van der Waals surface area (Å²) < 4.78 is 22.5. The molecule has 1 aliphatic carbocycles. The highest BCUT2D eigenvalue weighted by Crippen LogP contribution is 2.30. The van der Waals surface area contributed by atoms with Crippen LogP contribution in [-0.2, 0) is 10.0 Å². The SMILES string of the molecule is CCC1CCC(CNC(=O)c2ccc(S(N)(=O)=O)cc2N)CC1. The van der Waals surface area contributed by atoms with E-state index in [2.05, 4.69) is 12.2 Å². The maximum Gasteiger partial charge on any atom is 0.253 e. The molecule has 0 aliphatic heterocycles. The Morgan fingerprint density at radius 1 is 1.22 bits per heavy atom. The lowest BCUT2D eigenvalue weighted by atomic mass is 9.81. The molecule has 1 fully saturated rings. The highest BCUT2D eigenvalue weighted by molar-refractivity contribution is 7.89. The third kappa shape index (κ3) is 4.68. The van der Waals surface area contributed by atoms with Gasteiger partial charge in [-0.15, -0.1) is 0 Å². The van der Waals surface area contributed by atoms with Crippen LogP contribution in [0.15, 0.2) is 23.1 Å². The maximum absolute atomic E-state index is 12.2. The molecule has 0 atom stereocenters. The molecule has 0 bridgehead atoms. The van der Waals surface area contributed by atoms with Crippen molar-refractivity contribution in [2.75, 3.05) is 12.3 Å². The van der Waals surface area contributed by atoms with Gasteiger partial charge in [0.15, 0.2) is 0 Å². The summed E-state index contributed by atoms with van der Waals surface area (Å²) >= 11 is 0. The number of rotatable bonds is 5. The van der Waals surface area contributed by atoms with Gasteiger partial charge < -0.3 is 11.1 Å². The molecule has 0 heterocycles. The number of nitrogens with two attached hydrogens (primary N) is 2. The topological polar surface area (TPSA) is 115 Å². The minimum atomic E-state index is -3.82. The quantitative estimate of drug-likeness (QED) is 0.710. The predicted octanol–water partition coefficient (Wildman–Crippen LogP) is 1.86. The van der Waals surface area contributed by atoms with Gasteiger partial charge in [0.05, 0.1) is 10.5 Å². The smallest absolute Gasteiger partial charge is 0.253 e. The number of hydrogen-bond acceptors (Lipinski definition) is 4. The third-order valence-electron chi connectivity index (χ3n) is 4.69. The summed E-state index contributed by atoms with van der Waals surface area (Å²) in [5.41, 5.74) is 6.18. The van der Waals surface area contributed by atoms with Gasteiger partial charge in [-0.2, -0.15) is 0 Å². The summed E-state index contributed by atoms with van der Waals surface area (Å²) in [4.78, 5) is 12.1. The fourth-order valence-electron chi connectivity index (χ4n) is 3.10. The second-order valence-corrected chi connectivity index (χ2v) is 7.86. The largest absolute Gasteiger partial charge is 0.398 e. The minimum absolute atomic E-state index is 0.0931. The molecule has 2 rings (SSSR count). The number of primary sulfonamides is 1. The molecule has 128 valence electrons. The number of nitrogen functional groups attached to an aromatic ring is 1. The Kier molecular flexibility index (Phi) is 5.64. The van der Waals surface area contributed by atoms with Gasteiger partial charge in [0, 0.05) is 12.2 Å². The Balaban J connectivity index is 1.94. The summed E-state index contributed by atoms with van der Waals surface area (Å²) in [6, 6.07) is 3.92. The first-order valence-electron chi connectivity index (χ1n) is 8.01. The normalized spacial score (nSPS) is 21.8. The lowest BCUT2D eigenvalue weighted by molar-refractivity contribution is 0.0942. The van der Waals surface area contributed by atoms with E-state index >= 15 is 0 Å². The molecular formula is C16H25N3O3S. The highest BCUT2D eigenvalue weighted by atomic mass is 32.2. The molecule has 0 aromatic heterocycles. The van der Waals surface area contributed by atoms with E-state index in [1.807, 2.05) is 0 Å². The van der Waals surface area contributed by atoms with Crippen molar-refractivity contribution in [2.45, 2.75) is 43.9 Å². The molecule has 0 spiro atoms. The molecule has 0 unspecified atom stereocenters. The average molecular weight is 339 g/mol. The maximum atomic E-state index is 12.2. The standard InChI is InChI=1S/C16H25N3O3S/c1-2-11-3-5-12(6-4-11)10-19-16(20)14-8-7-13(9-15(14)17)23(18,21)22/h7-9,11-12H,2-6,10,17H2,1H3,(H,19,20)(H2,18,21,22). The van der Waals surface area contributed by atoms with Crippen molar-refractivity contribution < 1.29 is 13.2 Å². The Hall–Kier alpha value is -1.60. The van der Waals surface area contributed by atoms with Gasteiger partial charge in [-0.1, -0.05) is 26.2 Å². The van der Waals surface area contributed by atoms with Crippen LogP contribution in [0, 0.1) is 11.8 Å².